The van der Waals surface area contributed by atoms with Crippen LogP contribution in [0.4, 0.5) is 5.13 Å². The molecule has 1 amide bonds. The maximum absolute atomic E-state index is 12.1. The average molecular weight is 369 g/mol. The molecule has 0 aliphatic rings. The molecule has 1 aromatic heterocycles. The van der Waals surface area contributed by atoms with Crippen LogP contribution in [0.5, 0.6) is 0 Å². The second kappa shape index (κ2) is 8.10. The molecule has 126 valence electrons. The van der Waals surface area contributed by atoms with Gasteiger partial charge < -0.3 is 0 Å². The summed E-state index contributed by atoms with van der Waals surface area (Å²) in [5.41, 5.74) is 2.91. The number of halogens is 1. The number of nitrogens with one attached hydrogen (secondary N) is 1. The van der Waals surface area contributed by atoms with E-state index in [1.54, 1.807) is 18.2 Å². The van der Waals surface area contributed by atoms with E-state index in [0.29, 0.717) is 10.2 Å². The van der Waals surface area contributed by atoms with Crippen LogP contribution in [0.1, 0.15) is 17.4 Å². The quantitative estimate of drug-likeness (QED) is 0.589. The molecule has 2 aromatic carbocycles. The molecule has 0 aliphatic carbocycles. The van der Waals surface area contributed by atoms with Gasteiger partial charge in [-0.3, -0.25) is 10.1 Å². The first kappa shape index (κ1) is 17.4. The predicted octanol–water partition coefficient (Wildman–Crippen LogP) is 5.68. The van der Waals surface area contributed by atoms with Crippen molar-refractivity contribution in [2.45, 2.75) is 13.3 Å². The van der Waals surface area contributed by atoms with Crippen molar-refractivity contribution >= 4 is 40.1 Å². The molecule has 5 heteroatoms. The van der Waals surface area contributed by atoms with E-state index < -0.39 is 0 Å². The maximum atomic E-state index is 12.1. The third-order valence-electron chi connectivity index (χ3n) is 3.59. The van der Waals surface area contributed by atoms with E-state index in [4.69, 9.17) is 11.6 Å². The van der Waals surface area contributed by atoms with Gasteiger partial charge in [0.25, 0.3) is 0 Å². The van der Waals surface area contributed by atoms with Crippen LogP contribution >= 0.6 is 22.9 Å². The summed E-state index contributed by atoms with van der Waals surface area (Å²) < 4.78 is 0. The number of rotatable bonds is 5. The lowest BCUT2D eigenvalue weighted by Crippen LogP contribution is -2.07. The van der Waals surface area contributed by atoms with Gasteiger partial charge in [0.15, 0.2) is 5.13 Å². The van der Waals surface area contributed by atoms with Gasteiger partial charge in [-0.2, -0.15) is 0 Å². The van der Waals surface area contributed by atoms with Crippen LogP contribution < -0.4 is 5.32 Å². The third kappa shape index (κ3) is 4.56. The van der Waals surface area contributed by atoms with E-state index >= 15 is 0 Å². The second-order valence-electron chi connectivity index (χ2n) is 5.38. The Morgan fingerprint density at radius 3 is 2.56 bits per heavy atom. The minimum atomic E-state index is -0.203. The van der Waals surface area contributed by atoms with Gasteiger partial charge in [-0.25, -0.2) is 4.98 Å². The first-order valence-corrected chi connectivity index (χ1v) is 9.15. The zero-order chi connectivity index (χ0) is 17.6. The first-order valence-electron chi connectivity index (χ1n) is 7.95. The monoisotopic (exact) mass is 368 g/mol. The Hall–Kier alpha value is -2.43. The van der Waals surface area contributed by atoms with Gasteiger partial charge in [0.1, 0.15) is 0 Å². The molecule has 0 unspecified atom stereocenters. The summed E-state index contributed by atoms with van der Waals surface area (Å²) in [4.78, 5) is 17.9. The van der Waals surface area contributed by atoms with Crippen molar-refractivity contribution < 1.29 is 4.79 Å². The molecule has 0 radical (unpaired) electrons. The van der Waals surface area contributed by atoms with Gasteiger partial charge in [0, 0.05) is 21.5 Å². The van der Waals surface area contributed by atoms with Crippen LogP contribution in [-0.4, -0.2) is 10.9 Å². The van der Waals surface area contributed by atoms with Crippen molar-refractivity contribution in [2.24, 2.45) is 0 Å². The fourth-order valence-electron chi connectivity index (χ4n) is 2.36. The lowest BCUT2D eigenvalue weighted by Gasteiger charge is -1.98. The van der Waals surface area contributed by atoms with E-state index in [1.807, 2.05) is 42.5 Å². The molecule has 0 saturated heterocycles. The minimum absolute atomic E-state index is 0.203. The maximum Gasteiger partial charge on any atom is 0.250 e. The minimum Gasteiger partial charge on any atom is -0.298 e. The van der Waals surface area contributed by atoms with Crippen LogP contribution in [0.3, 0.4) is 0 Å². The molecular formula is C20H17ClN2OS. The van der Waals surface area contributed by atoms with Crippen LogP contribution in [0, 0.1) is 0 Å². The number of carbonyl (C=O) groups is 1. The average Bonchev–Trinajstić information content (AvgIpc) is 3.05. The van der Waals surface area contributed by atoms with Gasteiger partial charge in [-0.15, -0.1) is 11.3 Å². The summed E-state index contributed by atoms with van der Waals surface area (Å²) in [5.74, 6) is -0.203. The van der Waals surface area contributed by atoms with Crippen molar-refractivity contribution in [2.75, 3.05) is 5.32 Å². The number of aromatic nitrogens is 1. The number of benzene rings is 2. The largest absolute Gasteiger partial charge is 0.298 e. The van der Waals surface area contributed by atoms with Gasteiger partial charge in [-0.1, -0.05) is 61.0 Å². The fraction of sp³-hybridized carbons (Fsp3) is 0.100. The lowest BCUT2D eigenvalue weighted by molar-refractivity contribution is -0.111. The molecule has 0 fully saturated rings. The van der Waals surface area contributed by atoms with Crippen molar-refractivity contribution in [3.8, 4) is 11.3 Å². The number of nitrogens with zero attached hydrogens (tertiary/aromatic N) is 1. The Morgan fingerprint density at radius 1 is 1.16 bits per heavy atom. The van der Waals surface area contributed by atoms with Crippen LogP contribution in [0.25, 0.3) is 17.3 Å². The molecule has 0 spiro atoms. The van der Waals surface area contributed by atoms with Crippen LogP contribution in [0.2, 0.25) is 5.02 Å². The highest BCUT2D eigenvalue weighted by molar-refractivity contribution is 7.16. The van der Waals surface area contributed by atoms with Crippen molar-refractivity contribution in [3.63, 3.8) is 0 Å². The molecule has 3 aromatic rings. The summed E-state index contributed by atoms with van der Waals surface area (Å²) in [6.07, 6.45) is 4.12. The molecule has 1 N–H and O–H groups in total. The normalized spacial score (nSPS) is 11.0. The summed E-state index contributed by atoms with van der Waals surface area (Å²) >= 11 is 7.36. The Labute approximate surface area is 156 Å². The van der Waals surface area contributed by atoms with Crippen LogP contribution in [0.15, 0.2) is 60.7 Å². The number of carbonyl (C=O) groups excluding carboxylic acids is 1. The summed E-state index contributed by atoms with van der Waals surface area (Å²) in [6, 6.07) is 17.3. The molecule has 0 aliphatic heterocycles. The van der Waals surface area contributed by atoms with Crippen LogP contribution in [-0.2, 0) is 11.2 Å². The number of aryl methyl sites for hydroxylation is 1. The predicted molar refractivity (Wildman–Crippen MR) is 106 cm³/mol. The fourth-order valence-corrected chi connectivity index (χ4v) is 3.41. The molecule has 0 saturated carbocycles. The Bertz CT molecular complexity index is 886. The second-order valence-corrected chi connectivity index (χ2v) is 6.90. The number of thiazole rings is 1. The number of anilines is 1. The number of hydrogen-bond donors (Lipinski definition) is 1. The SMILES string of the molecule is CCc1sc(NC(=O)/C=C/c2ccc(Cl)cc2)nc1-c1ccccc1. The van der Waals surface area contributed by atoms with E-state index in [0.717, 1.165) is 28.1 Å². The highest BCUT2D eigenvalue weighted by Gasteiger charge is 2.12. The highest BCUT2D eigenvalue weighted by Crippen LogP contribution is 2.31. The molecule has 1 heterocycles. The molecule has 0 bridgehead atoms. The van der Waals surface area contributed by atoms with Crippen molar-refractivity contribution in [3.05, 3.63) is 76.1 Å². The van der Waals surface area contributed by atoms with Crippen molar-refractivity contribution in [1.29, 1.82) is 0 Å². The molecule has 3 rings (SSSR count). The van der Waals surface area contributed by atoms with Gasteiger partial charge >= 0.3 is 0 Å². The zero-order valence-electron chi connectivity index (χ0n) is 13.7. The van der Waals surface area contributed by atoms with E-state index in [1.165, 1.54) is 17.4 Å². The van der Waals surface area contributed by atoms with E-state index in [-0.39, 0.29) is 5.91 Å². The zero-order valence-corrected chi connectivity index (χ0v) is 15.3. The molecule has 0 atom stereocenters. The standard InChI is InChI=1S/C20H17ClN2OS/c1-2-17-19(15-6-4-3-5-7-15)23-20(25-17)22-18(24)13-10-14-8-11-16(21)12-9-14/h3-13H,2H2,1H3,(H,22,23,24)/b13-10+. The molecular weight excluding hydrogens is 352 g/mol. The smallest absolute Gasteiger partial charge is 0.250 e. The molecule has 3 nitrogen and oxygen atoms in total. The van der Waals surface area contributed by atoms with Gasteiger partial charge in [0.2, 0.25) is 5.91 Å². The van der Waals surface area contributed by atoms with Gasteiger partial charge in [-0.05, 0) is 30.2 Å². The summed E-state index contributed by atoms with van der Waals surface area (Å²) in [6.45, 7) is 2.09. The highest BCUT2D eigenvalue weighted by atomic mass is 35.5. The van der Waals surface area contributed by atoms with Gasteiger partial charge in [0.05, 0.1) is 5.69 Å². The topological polar surface area (TPSA) is 42.0 Å². The lowest BCUT2D eigenvalue weighted by atomic mass is 10.1. The Morgan fingerprint density at radius 2 is 1.88 bits per heavy atom. The third-order valence-corrected chi connectivity index (χ3v) is 4.96. The number of amides is 1. The summed E-state index contributed by atoms with van der Waals surface area (Å²) in [7, 11) is 0. The van der Waals surface area contributed by atoms with E-state index in [2.05, 4.69) is 17.2 Å². The Balaban J connectivity index is 1.73. The summed E-state index contributed by atoms with van der Waals surface area (Å²) in [5, 5.41) is 4.13. The van der Waals surface area contributed by atoms with E-state index in [9.17, 15) is 4.79 Å². The Kier molecular flexibility index (Phi) is 5.64. The molecule has 25 heavy (non-hydrogen) atoms. The first-order chi connectivity index (χ1) is 12.2. The number of hydrogen-bond acceptors (Lipinski definition) is 3. The van der Waals surface area contributed by atoms with Crippen molar-refractivity contribution in [1.82, 2.24) is 4.98 Å².